The maximum Gasteiger partial charge on any atom is 0.337 e. The van der Waals surface area contributed by atoms with Gasteiger partial charge in [-0.1, -0.05) is 67.9 Å². The molecule has 176 valence electrons. The Morgan fingerprint density at radius 2 is 1.76 bits per heavy atom. The van der Waals surface area contributed by atoms with E-state index in [1.54, 1.807) is 19.2 Å². The third kappa shape index (κ3) is 5.77. The standard InChI is InChI=1S/C27H24ClNO3.C2H6/c1-17(29-16-18-6-5-8-22(12-18)32-2)21-13-19-7-3-4-9-23(19)25(14-21)20-10-11-24(27(30)31)26(28)15-20;1-2/h3-15,17,29H,16H2,1-2H3,(H,30,31);1-2H3. The maximum atomic E-state index is 11.4. The van der Waals surface area contributed by atoms with E-state index in [-0.39, 0.29) is 16.6 Å². The molecule has 4 nitrogen and oxygen atoms in total. The summed E-state index contributed by atoms with van der Waals surface area (Å²) in [5.41, 5.74) is 4.29. The Kier molecular flexibility index (Phi) is 8.69. The highest BCUT2D eigenvalue weighted by Crippen LogP contribution is 2.34. The largest absolute Gasteiger partial charge is 0.497 e. The van der Waals surface area contributed by atoms with Gasteiger partial charge in [0.05, 0.1) is 17.7 Å². The summed E-state index contributed by atoms with van der Waals surface area (Å²) in [5, 5.41) is 15.3. The van der Waals surface area contributed by atoms with E-state index in [1.807, 2.05) is 50.2 Å². The zero-order chi connectivity index (χ0) is 24.7. The number of carbonyl (C=O) groups is 1. The zero-order valence-electron chi connectivity index (χ0n) is 19.9. The lowest BCUT2D eigenvalue weighted by Gasteiger charge is -2.18. The van der Waals surface area contributed by atoms with Gasteiger partial charge >= 0.3 is 5.97 Å². The molecule has 0 aromatic heterocycles. The first-order valence-electron chi connectivity index (χ1n) is 11.4. The van der Waals surface area contributed by atoms with Gasteiger partial charge in [-0.25, -0.2) is 4.79 Å². The molecule has 2 N–H and O–H groups in total. The highest BCUT2D eigenvalue weighted by molar-refractivity contribution is 6.33. The van der Waals surface area contributed by atoms with Gasteiger partial charge in [0.15, 0.2) is 0 Å². The molecule has 0 heterocycles. The van der Waals surface area contributed by atoms with E-state index >= 15 is 0 Å². The number of halogens is 1. The van der Waals surface area contributed by atoms with Crippen molar-refractivity contribution < 1.29 is 14.6 Å². The second kappa shape index (κ2) is 11.7. The van der Waals surface area contributed by atoms with Crippen LogP contribution in [0.4, 0.5) is 0 Å². The minimum absolute atomic E-state index is 0.0957. The molecule has 0 radical (unpaired) electrons. The van der Waals surface area contributed by atoms with Gasteiger partial charge in [-0.2, -0.15) is 0 Å². The van der Waals surface area contributed by atoms with E-state index < -0.39 is 5.97 Å². The topological polar surface area (TPSA) is 58.6 Å². The number of hydrogen-bond donors (Lipinski definition) is 2. The van der Waals surface area contributed by atoms with Crippen molar-refractivity contribution in [3.05, 3.63) is 101 Å². The maximum absolute atomic E-state index is 11.4. The molecule has 34 heavy (non-hydrogen) atoms. The number of hydrogen-bond acceptors (Lipinski definition) is 3. The smallest absolute Gasteiger partial charge is 0.337 e. The molecule has 0 aliphatic carbocycles. The lowest BCUT2D eigenvalue weighted by molar-refractivity contribution is 0.0697. The van der Waals surface area contributed by atoms with Gasteiger partial charge in [0.1, 0.15) is 5.75 Å². The number of benzene rings is 4. The highest BCUT2D eigenvalue weighted by Gasteiger charge is 2.14. The molecular weight excluding hydrogens is 446 g/mol. The van der Waals surface area contributed by atoms with Gasteiger partial charge in [0.2, 0.25) is 0 Å². The second-order valence-electron chi connectivity index (χ2n) is 7.74. The number of fused-ring (bicyclic) bond motifs is 1. The van der Waals surface area contributed by atoms with Gasteiger partial charge < -0.3 is 15.2 Å². The summed E-state index contributed by atoms with van der Waals surface area (Å²) in [5.74, 6) is -0.192. The van der Waals surface area contributed by atoms with Gasteiger partial charge in [-0.3, -0.25) is 0 Å². The van der Waals surface area contributed by atoms with Crippen molar-refractivity contribution in [3.63, 3.8) is 0 Å². The second-order valence-corrected chi connectivity index (χ2v) is 8.15. The average molecular weight is 476 g/mol. The van der Waals surface area contributed by atoms with Crippen LogP contribution in [-0.2, 0) is 6.54 Å². The first-order valence-corrected chi connectivity index (χ1v) is 11.8. The Labute approximate surface area is 206 Å². The van der Waals surface area contributed by atoms with Crippen molar-refractivity contribution >= 4 is 28.3 Å². The Bertz CT molecular complexity index is 1290. The van der Waals surface area contributed by atoms with Gasteiger partial charge in [-0.15, -0.1) is 0 Å². The predicted molar refractivity (Wildman–Crippen MR) is 141 cm³/mol. The molecule has 1 atom stereocenters. The molecule has 0 bridgehead atoms. The fourth-order valence-electron chi connectivity index (χ4n) is 3.85. The summed E-state index contributed by atoms with van der Waals surface area (Å²) >= 11 is 6.27. The molecule has 0 fully saturated rings. The molecular formula is C29H30ClNO3. The summed E-state index contributed by atoms with van der Waals surface area (Å²) < 4.78 is 5.32. The molecule has 1 unspecified atom stereocenters. The molecule has 4 aromatic rings. The Balaban J connectivity index is 0.00000158. The zero-order valence-corrected chi connectivity index (χ0v) is 20.7. The first-order chi connectivity index (χ1) is 16.5. The number of methoxy groups -OCH3 is 1. The molecule has 4 aromatic carbocycles. The lowest BCUT2D eigenvalue weighted by Crippen LogP contribution is -2.18. The quantitative estimate of drug-likeness (QED) is 0.287. The van der Waals surface area contributed by atoms with Crippen molar-refractivity contribution in [2.24, 2.45) is 0 Å². The van der Waals surface area contributed by atoms with E-state index in [0.29, 0.717) is 6.54 Å². The van der Waals surface area contributed by atoms with Crippen LogP contribution in [0, 0.1) is 0 Å². The van der Waals surface area contributed by atoms with Crippen LogP contribution < -0.4 is 10.1 Å². The van der Waals surface area contributed by atoms with Crippen LogP contribution in [0.1, 0.15) is 48.3 Å². The molecule has 0 saturated carbocycles. The van der Waals surface area contributed by atoms with Crippen molar-refractivity contribution in [1.29, 1.82) is 0 Å². The Morgan fingerprint density at radius 1 is 1.00 bits per heavy atom. The minimum atomic E-state index is -1.03. The molecule has 5 heteroatoms. The van der Waals surface area contributed by atoms with Crippen LogP contribution in [0.2, 0.25) is 5.02 Å². The molecule has 0 aliphatic heterocycles. The molecule has 0 saturated heterocycles. The van der Waals surface area contributed by atoms with Crippen LogP contribution in [0.5, 0.6) is 5.75 Å². The van der Waals surface area contributed by atoms with E-state index in [1.165, 1.54) is 0 Å². The molecule has 0 aliphatic rings. The molecule has 0 amide bonds. The van der Waals surface area contributed by atoms with E-state index in [0.717, 1.165) is 38.8 Å². The van der Waals surface area contributed by atoms with Crippen molar-refractivity contribution in [2.45, 2.75) is 33.4 Å². The molecule has 4 rings (SSSR count). The number of carboxylic acid groups (broad SMARTS) is 1. The fourth-order valence-corrected chi connectivity index (χ4v) is 4.11. The van der Waals surface area contributed by atoms with E-state index in [2.05, 4.69) is 42.6 Å². The van der Waals surface area contributed by atoms with E-state index in [4.69, 9.17) is 16.3 Å². The van der Waals surface area contributed by atoms with Crippen molar-refractivity contribution in [1.82, 2.24) is 5.32 Å². The van der Waals surface area contributed by atoms with Crippen molar-refractivity contribution in [2.75, 3.05) is 7.11 Å². The first kappa shape index (κ1) is 25.3. The number of aromatic carboxylic acids is 1. The summed E-state index contributed by atoms with van der Waals surface area (Å²) in [7, 11) is 1.67. The summed E-state index contributed by atoms with van der Waals surface area (Å²) in [6.07, 6.45) is 0. The van der Waals surface area contributed by atoms with Crippen LogP contribution in [-0.4, -0.2) is 18.2 Å². The Morgan fingerprint density at radius 3 is 2.47 bits per heavy atom. The number of ether oxygens (including phenoxy) is 1. The fraction of sp³-hybridized carbons (Fsp3) is 0.207. The minimum Gasteiger partial charge on any atom is -0.497 e. The van der Waals surface area contributed by atoms with Gasteiger partial charge in [-0.05, 0) is 76.3 Å². The SMILES string of the molecule is CC.COc1cccc(CNC(C)c2cc(-c3ccc(C(=O)O)c(Cl)c3)c3ccccc3c2)c1. The Hall–Kier alpha value is -3.34. The summed E-state index contributed by atoms with van der Waals surface area (Å²) in [6, 6.07) is 25.7. The van der Waals surface area contributed by atoms with Gasteiger partial charge in [0, 0.05) is 12.6 Å². The van der Waals surface area contributed by atoms with Crippen LogP contribution in [0.15, 0.2) is 78.9 Å². The summed E-state index contributed by atoms with van der Waals surface area (Å²) in [4.78, 5) is 11.4. The number of rotatable bonds is 7. The van der Waals surface area contributed by atoms with Crippen LogP contribution in [0.3, 0.4) is 0 Å². The predicted octanol–water partition coefficient (Wildman–Crippen LogP) is 7.74. The third-order valence-electron chi connectivity index (χ3n) is 5.64. The highest BCUT2D eigenvalue weighted by atomic mass is 35.5. The van der Waals surface area contributed by atoms with E-state index in [9.17, 15) is 9.90 Å². The number of carboxylic acids is 1. The van der Waals surface area contributed by atoms with Crippen LogP contribution >= 0.6 is 11.6 Å². The third-order valence-corrected chi connectivity index (χ3v) is 5.95. The molecule has 0 spiro atoms. The van der Waals surface area contributed by atoms with Crippen molar-refractivity contribution in [3.8, 4) is 16.9 Å². The monoisotopic (exact) mass is 475 g/mol. The van der Waals surface area contributed by atoms with Crippen LogP contribution in [0.25, 0.3) is 21.9 Å². The lowest BCUT2D eigenvalue weighted by atomic mass is 9.93. The average Bonchev–Trinajstić information content (AvgIpc) is 2.87. The number of nitrogens with one attached hydrogen (secondary N) is 1. The normalized spacial score (nSPS) is 11.4. The summed E-state index contributed by atoms with van der Waals surface area (Å²) in [6.45, 7) is 6.84. The van der Waals surface area contributed by atoms with Gasteiger partial charge in [0.25, 0.3) is 0 Å².